The summed E-state index contributed by atoms with van der Waals surface area (Å²) in [7, 11) is -2.58. The molecule has 1 N–H and O–H groups in total. The van der Waals surface area contributed by atoms with Gasteiger partial charge in [-0.05, 0) is 36.8 Å². The topological polar surface area (TPSA) is 75.7 Å². The number of halogens is 3. The van der Waals surface area contributed by atoms with Crippen LogP contribution in [0.2, 0.25) is 0 Å². The molecule has 0 fully saturated rings. The lowest BCUT2D eigenvalue weighted by atomic mass is 10.1. The monoisotopic (exact) mass is 416 g/mol. The number of para-hydroxylation sites is 1. The molecule has 0 aromatic heterocycles. The highest BCUT2D eigenvalue weighted by Gasteiger charge is 2.34. The average Bonchev–Trinajstić information content (AvgIpc) is 2.58. The molecule has 2 aromatic rings. The Morgan fingerprint density at radius 2 is 1.82 bits per heavy atom. The van der Waals surface area contributed by atoms with Gasteiger partial charge in [-0.2, -0.15) is 13.2 Å². The summed E-state index contributed by atoms with van der Waals surface area (Å²) >= 11 is 0. The molecule has 1 amide bonds. The third-order valence-electron chi connectivity index (χ3n) is 3.80. The molecule has 10 heteroatoms. The van der Waals surface area contributed by atoms with Gasteiger partial charge in [-0.25, -0.2) is 8.42 Å². The van der Waals surface area contributed by atoms with Crippen molar-refractivity contribution in [1.82, 2.24) is 0 Å². The van der Waals surface area contributed by atoms with E-state index in [1.165, 1.54) is 25.3 Å². The third kappa shape index (κ3) is 5.16. The summed E-state index contributed by atoms with van der Waals surface area (Å²) in [6, 6.07) is 9.20. The van der Waals surface area contributed by atoms with Gasteiger partial charge in [0.15, 0.2) is 0 Å². The molecule has 28 heavy (non-hydrogen) atoms. The van der Waals surface area contributed by atoms with Gasteiger partial charge < -0.3 is 10.1 Å². The second-order valence-electron chi connectivity index (χ2n) is 6.04. The number of nitrogens with one attached hydrogen (secondary N) is 1. The summed E-state index contributed by atoms with van der Waals surface area (Å²) in [5, 5.41) is 2.14. The highest BCUT2D eigenvalue weighted by atomic mass is 32.2. The normalized spacial score (nSPS) is 11.8. The molecule has 0 spiro atoms. The van der Waals surface area contributed by atoms with Crippen LogP contribution in [0.5, 0.6) is 5.75 Å². The van der Waals surface area contributed by atoms with Crippen LogP contribution in [0.15, 0.2) is 42.5 Å². The molecule has 152 valence electrons. The summed E-state index contributed by atoms with van der Waals surface area (Å²) in [5.41, 5.74) is -0.649. The minimum atomic E-state index is -4.67. The van der Waals surface area contributed by atoms with Crippen LogP contribution in [0.4, 0.5) is 24.5 Å². The lowest BCUT2D eigenvalue weighted by Crippen LogP contribution is -2.38. The molecule has 0 radical (unpaired) electrons. The first-order valence-electron chi connectivity index (χ1n) is 8.02. The summed E-state index contributed by atoms with van der Waals surface area (Å²) < 4.78 is 69.7. The summed E-state index contributed by atoms with van der Waals surface area (Å²) in [6.07, 6.45) is -3.77. The van der Waals surface area contributed by atoms with Crippen molar-refractivity contribution in [2.24, 2.45) is 0 Å². The van der Waals surface area contributed by atoms with Crippen molar-refractivity contribution < 1.29 is 31.1 Å². The number of methoxy groups -OCH3 is 1. The molecule has 0 atom stereocenters. The zero-order chi connectivity index (χ0) is 21.1. The summed E-state index contributed by atoms with van der Waals surface area (Å²) in [5.74, 6) is -0.717. The number of hydrogen-bond donors (Lipinski definition) is 1. The van der Waals surface area contributed by atoms with E-state index < -0.39 is 39.9 Å². The smallest absolute Gasteiger partial charge is 0.418 e. The molecule has 2 rings (SSSR count). The van der Waals surface area contributed by atoms with E-state index >= 15 is 0 Å². The minimum Gasteiger partial charge on any atom is -0.495 e. The van der Waals surface area contributed by atoms with Crippen LogP contribution < -0.4 is 14.4 Å². The van der Waals surface area contributed by atoms with E-state index in [2.05, 4.69) is 5.32 Å². The molecular formula is C18H19F3N2O4S. The van der Waals surface area contributed by atoms with Gasteiger partial charge >= 0.3 is 6.18 Å². The van der Waals surface area contributed by atoms with Gasteiger partial charge in [0.1, 0.15) is 12.3 Å². The van der Waals surface area contributed by atoms with Crippen molar-refractivity contribution in [3.63, 3.8) is 0 Å². The fraction of sp³-hybridized carbons (Fsp3) is 0.278. The number of amides is 1. The number of anilines is 2. The second-order valence-corrected chi connectivity index (χ2v) is 7.94. The maximum atomic E-state index is 13.1. The predicted octanol–water partition coefficient (Wildman–Crippen LogP) is 3.43. The standard InChI is InChI=1S/C18H19F3N2O4S/c1-12-8-9-16(27-2)15(10-12)23(28(3,25)26)11-17(24)22-14-7-5-4-6-13(14)18(19,20)21/h4-10H,11H2,1-3H3,(H,22,24). The number of alkyl halides is 3. The van der Waals surface area contributed by atoms with E-state index in [9.17, 15) is 26.4 Å². The van der Waals surface area contributed by atoms with Crippen molar-refractivity contribution in [2.45, 2.75) is 13.1 Å². The Hall–Kier alpha value is -2.75. The summed E-state index contributed by atoms with van der Waals surface area (Å²) in [6.45, 7) is 1.01. The first kappa shape index (κ1) is 21.5. The van der Waals surface area contributed by atoms with Crippen molar-refractivity contribution in [2.75, 3.05) is 29.5 Å². The largest absolute Gasteiger partial charge is 0.495 e. The van der Waals surface area contributed by atoms with E-state index in [-0.39, 0.29) is 11.4 Å². The van der Waals surface area contributed by atoms with Gasteiger partial charge in [-0.3, -0.25) is 9.10 Å². The van der Waals surface area contributed by atoms with Crippen molar-refractivity contribution >= 4 is 27.3 Å². The van der Waals surface area contributed by atoms with Crippen LogP contribution >= 0.6 is 0 Å². The van der Waals surface area contributed by atoms with Gasteiger partial charge in [0.25, 0.3) is 0 Å². The van der Waals surface area contributed by atoms with Crippen LogP contribution in [-0.4, -0.2) is 34.2 Å². The van der Waals surface area contributed by atoms with Gasteiger partial charge in [-0.15, -0.1) is 0 Å². The van der Waals surface area contributed by atoms with Crippen LogP contribution in [-0.2, 0) is 21.0 Å². The average molecular weight is 416 g/mol. The molecule has 2 aromatic carbocycles. The molecule has 0 saturated heterocycles. The fourth-order valence-electron chi connectivity index (χ4n) is 2.54. The van der Waals surface area contributed by atoms with Crippen molar-refractivity contribution in [3.05, 3.63) is 53.6 Å². The van der Waals surface area contributed by atoms with E-state index in [1.807, 2.05) is 0 Å². The van der Waals surface area contributed by atoms with Gasteiger partial charge in [-0.1, -0.05) is 18.2 Å². The molecule has 6 nitrogen and oxygen atoms in total. The molecule has 0 bridgehead atoms. The van der Waals surface area contributed by atoms with Gasteiger partial charge in [0.2, 0.25) is 15.9 Å². The zero-order valence-corrected chi connectivity index (χ0v) is 16.2. The maximum absolute atomic E-state index is 13.1. The molecule has 0 heterocycles. The van der Waals surface area contributed by atoms with Crippen LogP contribution in [0.1, 0.15) is 11.1 Å². The van der Waals surface area contributed by atoms with E-state index in [0.717, 1.165) is 22.7 Å². The Kier molecular flexibility index (Phi) is 6.23. The molecular weight excluding hydrogens is 397 g/mol. The lowest BCUT2D eigenvalue weighted by molar-refractivity contribution is -0.137. The van der Waals surface area contributed by atoms with Crippen LogP contribution in [0.25, 0.3) is 0 Å². The molecule has 0 aliphatic carbocycles. The first-order valence-corrected chi connectivity index (χ1v) is 9.86. The van der Waals surface area contributed by atoms with E-state index in [0.29, 0.717) is 5.56 Å². The number of benzene rings is 2. The minimum absolute atomic E-state index is 0.115. The Morgan fingerprint density at radius 3 is 2.39 bits per heavy atom. The van der Waals surface area contributed by atoms with Gasteiger partial charge in [0.05, 0.1) is 30.3 Å². The molecule has 0 aliphatic heterocycles. The number of carbonyl (C=O) groups excluding carboxylic acids is 1. The highest BCUT2D eigenvalue weighted by Crippen LogP contribution is 2.35. The Bertz CT molecular complexity index is 975. The Labute approximate surface area is 161 Å². The predicted molar refractivity (Wildman–Crippen MR) is 100.0 cm³/mol. The second kappa shape index (κ2) is 8.09. The number of sulfonamides is 1. The number of aryl methyl sites for hydroxylation is 1. The number of rotatable bonds is 6. The van der Waals surface area contributed by atoms with Crippen molar-refractivity contribution in [1.29, 1.82) is 0 Å². The van der Waals surface area contributed by atoms with Gasteiger partial charge in [0, 0.05) is 0 Å². The first-order chi connectivity index (χ1) is 12.9. The Morgan fingerprint density at radius 1 is 1.18 bits per heavy atom. The Balaban J connectivity index is 2.36. The van der Waals surface area contributed by atoms with Crippen LogP contribution in [0, 0.1) is 6.92 Å². The number of hydrogen-bond acceptors (Lipinski definition) is 4. The lowest BCUT2D eigenvalue weighted by Gasteiger charge is -2.24. The number of ether oxygens (including phenoxy) is 1. The van der Waals surface area contributed by atoms with E-state index in [4.69, 9.17) is 4.74 Å². The fourth-order valence-corrected chi connectivity index (χ4v) is 3.39. The van der Waals surface area contributed by atoms with Crippen LogP contribution in [0.3, 0.4) is 0 Å². The van der Waals surface area contributed by atoms with E-state index in [1.54, 1.807) is 19.1 Å². The maximum Gasteiger partial charge on any atom is 0.418 e. The summed E-state index contributed by atoms with van der Waals surface area (Å²) in [4.78, 5) is 12.4. The SMILES string of the molecule is COc1ccc(C)cc1N(CC(=O)Nc1ccccc1C(F)(F)F)S(C)(=O)=O. The number of nitrogens with zero attached hydrogens (tertiary/aromatic N) is 1. The number of carbonyl (C=O) groups is 1. The molecule has 0 unspecified atom stereocenters. The zero-order valence-electron chi connectivity index (χ0n) is 15.4. The third-order valence-corrected chi connectivity index (χ3v) is 4.92. The van der Waals surface area contributed by atoms with Crippen molar-refractivity contribution in [3.8, 4) is 5.75 Å². The molecule has 0 aliphatic rings. The molecule has 0 saturated carbocycles. The highest BCUT2D eigenvalue weighted by molar-refractivity contribution is 7.92. The quantitative estimate of drug-likeness (QED) is 0.783.